The second kappa shape index (κ2) is 11.5. The maximum Gasteiger partial charge on any atom is 0.308 e. The molecule has 1 aliphatic rings. The maximum atomic E-state index is 12.4. The summed E-state index contributed by atoms with van der Waals surface area (Å²) in [7, 11) is 0. The summed E-state index contributed by atoms with van der Waals surface area (Å²) in [4.78, 5) is 24.7. The largest absolute Gasteiger partial charge is 0.462 e. The summed E-state index contributed by atoms with van der Waals surface area (Å²) in [6.07, 6.45) is 3.35. The topological polar surface area (TPSA) is 104 Å². The van der Waals surface area contributed by atoms with Crippen LogP contribution in [0.1, 0.15) is 53.9 Å². The van der Waals surface area contributed by atoms with Crippen molar-refractivity contribution < 1.29 is 29.6 Å². The number of hydrogen-bond acceptors (Lipinski definition) is 6. The number of esters is 1. The van der Waals surface area contributed by atoms with Gasteiger partial charge in [0.05, 0.1) is 25.2 Å². The lowest BCUT2D eigenvalue weighted by Gasteiger charge is -2.30. The Hall–Kier alpha value is -1.50. The number of ketones is 1. The minimum Gasteiger partial charge on any atom is -0.462 e. The van der Waals surface area contributed by atoms with Crippen LogP contribution in [0, 0.1) is 23.7 Å². The van der Waals surface area contributed by atoms with E-state index in [-0.39, 0.29) is 30.6 Å². The third-order valence-corrected chi connectivity index (χ3v) is 5.68. The van der Waals surface area contributed by atoms with E-state index in [0.717, 1.165) is 5.57 Å². The van der Waals surface area contributed by atoms with Crippen LogP contribution in [0.15, 0.2) is 23.8 Å². The number of carbonyl (C=O) groups excluding carboxylic acids is 2. The summed E-state index contributed by atoms with van der Waals surface area (Å²) < 4.78 is 5.50. The molecule has 0 spiro atoms. The number of ether oxygens (including phenoxy) is 1. The van der Waals surface area contributed by atoms with Crippen LogP contribution >= 0.6 is 0 Å². The third-order valence-electron chi connectivity index (χ3n) is 5.68. The lowest BCUT2D eigenvalue weighted by atomic mass is 9.82. The van der Waals surface area contributed by atoms with Gasteiger partial charge in [0, 0.05) is 17.8 Å². The quantitative estimate of drug-likeness (QED) is 0.619. The number of carbonyl (C=O) groups is 2. The van der Waals surface area contributed by atoms with E-state index in [9.17, 15) is 24.9 Å². The van der Waals surface area contributed by atoms with Crippen LogP contribution in [0.2, 0.25) is 0 Å². The Morgan fingerprint density at radius 3 is 2.36 bits per heavy atom. The van der Waals surface area contributed by atoms with Crippen LogP contribution in [0.25, 0.3) is 0 Å². The van der Waals surface area contributed by atoms with E-state index in [2.05, 4.69) is 0 Å². The zero-order valence-corrected chi connectivity index (χ0v) is 17.7. The molecule has 0 aromatic heterocycles. The molecule has 0 radical (unpaired) electrons. The highest BCUT2D eigenvalue weighted by atomic mass is 16.5. The Labute approximate surface area is 168 Å². The van der Waals surface area contributed by atoms with Gasteiger partial charge in [0.2, 0.25) is 0 Å². The van der Waals surface area contributed by atoms with Crippen molar-refractivity contribution in [3.8, 4) is 0 Å². The molecule has 1 rings (SSSR count). The van der Waals surface area contributed by atoms with Gasteiger partial charge in [-0.1, -0.05) is 45.4 Å². The molecule has 3 N–H and O–H groups in total. The number of allylic oxidation sites excluding steroid dienone is 3. The number of aliphatic hydroxyl groups is 3. The molecule has 0 aromatic carbocycles. The molecule has 0 aliphatic carbocycles. The Kier molecular flexibility index (Phi) is 10.1. The fraction of sp³-hybridized carbons (Fsp3) is 0.727. The normalized spacial score (nSPS) is 39.7. The van der Waals surface area contributed by atoms with Gasteiger partial charge in [0.15, 0.2) is 5.78 Å². The lowest BCUT2D eigenvalue weighted by Crippen LogP contribution is -2.37. The van der Waals surface area contributed by atoms with Crippen molar-refractivity contribution >= 4 is 11.8 Å². The van der Waals surface area contributed by atoms with E-state index in [1.54, 1.807) is 19.1 Å². The van der Waals surface area contributed by atoms with Gasteiger partial charge in [0.1, 0.15) is 6.10 Å². The van der Waals surface area contributed by atoms with Crippen LogP contribution < -0.4 is 0 Å². The Morgan fingerprint density at radius 1 is 1.14 bits per heavy atom. The first-order chi connectivity index (χ1) is 13.1. The van der Waals surface area contributed by atoms with Crippen LogP contribution in [0.4, 0.5) is 0 Å². The molecule has 7 atom stereocenters. The summed E-state index contributed by atoms with van der Waals surface area (Å²) in [6.45, 7) is 8.83. The molecule has 1 aliphatic heterocycles. The number of rotatable bonds is 2. The molecule has 0 saturated heterocycles. The van der Waals surface area contributed by atoms with Crippen molar-refractivity contribution in [2.24, 2.45) is 23.7 Å². The van der Waals surface area contributed by atoms with E-state index < -0.39 is 36.1 Å². The molecule has 6 heteroatoms. The first-order valence-electron chi connectivity index (χ1n) is 10.2. The Morgan fingerprint density at radius 2 is 1.79 bits per heavy atom. The molecule has 0 aromatic rings. The highest BCUT2D eigenvalue weighted by molar-refractivity contribution is 5.91. The van der Waals surface area contributed by atoms with E-state index in [0.29, 0.717) is 12.8 Å². The summed E-state index contributed by atoms with van der Waals surface area (Å²) in [5.74, 6) is -2.01. The molecule has 28 heavy (non-hydrogen) atoms. The molecule has 7 unspecified atom stereocenters. The monoisotopic (exact) mass is 396 g/mol. The zero-order chi connectivity index (χ0) is 21.4. The van der Waals surface area contributed by atoms with Crippen molar-refractivity contribution in [1.82, 2.24) is 0 Å². The summed E-state index contributed by atoms with van der Waals surface area (Å²) in [6, 6.07) is 0. The van der Waals surface area contributed by atoms with Crippen molar-refractivity contribution in [3.05, 3.63) is 23.8 Å². The Bertz CT molecular complexity index is 582. The molecule has 0 saturated carbocycles. The van der Waals surface area contributed by atoms with Gasteiger partial charge in [0.25, 0.3) is 0 Å². The average molecular weight is 397 g/mol. The second-order valence-corrected chi connectivity index (χ2v) is 8.16. The molecule has 1 heterocycles. The first kappa shape index (κ1) is 24.5. The highest BCUT2D eigenvalue weighted by Gasteiger charge is 2.31. The van der Waals surface area contributed by atoms with Gasteiger partial charge in [-0.2, -0.15) is 0 Å². The standard InChI is InChI=1S/C22H36O6/c1-6-20-17(12-23)9-13(2)7-8-18(24)14(3)10-15(4)22(27)16(5)19(25)11-21(26)28-20/h7-9,14-17,19-20,22-23,25,27H,6,10-12H2,1-5H3/b8-7-,13-9+. The molecule has 0 fully saturated rings. The van der Waals surface area contributed by atoms with E-state index >= 15 is 0 Å². The smallest absolute Gasteiger partial charge is 0.308 e. The molecule has 160 valence electrons. The van der Waals surface area contributed by atoms with Crippen LogP contribution in [0.3, 0.4) is 0 Å². The van der Waals surface area contributed by atoms with Crippen molar-refractivity contribution in [2.75, 3.05) is 6.61 Å². The number of cyclic esters (lactones) is 1. The van der Waals surface area contributed by atoms with Gasteiger partial charge in [-0.25, -0.2) is 0 Å². The predicted octanol–water partition coefficient (Wildman–Crippen LogP) is 2.41. The summed E-state index contributed by atoms with van der Waals surface area (Å²) in [5.41, 5.74) is 0.794. The van der Waals surface area contributed by atoms with E-state index in [4.69, 9.17) is 4.74 Å². The van der Waals surface area contributed by atoms with Crippen LogP contribution in [-0.2, 0) is 14.3 Å². The third kappa shape index (κ3) is 7.15. The van der Waals surface area contributed by atoms with Crippen molar-refractivity contribution in [1.29, 1.82) is 0 Å². The SMILES string of the molecule is CCC1OC(=O)CC(O)C(C)C(O)C(C)CC(C)C(=O)/C=C\C(C)=C\C1CO. The molecular formula is C22H36O6. The predicted molar refractivity (Wildman–Crippen MR) is 107 cm³/mol. The van der Waals surface area contributed by atoms with Gasteiger partial charge in [-0.15, -0.1) is 0 Å². The zero-order valence-electron chi connectivity index (χ0n) is 17.7. The molecule has 0 bridgehead atoms. The second-order valence-electron chi connectivity index (χ2n) is 8.16. The fourth-order valence-corrected chi connectivity index (χ4v) is 3.65. The van der Waals surface area contributed by atoms with Crippen LogP contribution in [-0.4, -0.2) is 52.0 Å². The summed E-state index contributed by atoms with van der Waals surface area (Å²) in [5, 5.41) is 30.7. The first-order valence-corrected chi connectivity index (χ1v) is 10.2. The maximum absolute atomic E-state index is 12.4. The van der Waals surface area contributed by atoms with E-state index in [1.807, 2.05) is 27.7 Å². The molecular weight excluding hydrogens is 360 g/mol. The highest BCUT2D eigenvalue weighted by Crippen LogP contribution is 2.25. The average Bonchev–Trinajstić information content (AvgIpc) is 2.66. The van der Waals surface area contributed by atoms with E-state index in [1.165, 1.54) is 6.08 Å². The van der Waals surface area contributed by atoms with Gasteiger partial charge >= 0.3 is 5.97 Å². The number of hydrogen-bond donors (Lipinski definition) is 3. The summed E-state index contributed by atoms with van der Waals surface area (Å²) >= 11 is 0. The minimum absolute atomic E-state index is 0.0360. The van der Waals surface area contributed by atoms with Crippen LogP contribution in [0.5, 0.6) is 0 Å². The fourth-order valence-electron chi connectivity index (χ4n) is 3.65. The Balaban J connectivity index is 3.19. The van der Waals surface area contributed by atoms with Gasteiger partial charge in [-0.3, -0.25) is 9.59 Å². The lowest BCUT2D eigenvalue weighted by molar-refractivity contribution is -0.155. The van der Waals surface area contributed by atoms with Crippen molar-refractivity contribution in [2.45, 2.75) is 72.2 Å². The minimum atomic E-state index is -1.05. The van der Waals surface area contributed by atoms with Gasteiger partial charge in [-0.05, 0) is 31.8 Å². The molecule has 0 amide bonds. The van der Waals surface area contributed by atoms with Crippen molar-refractivity contribution in [3.63, 3.8) is 0 Å². The van der Waals surface area contributed by atoms with Gasteiger partial charge < -0.3 is 20.1 Å². The molecule has 6 nitrogen and oxygen atoms in total. The number of aliphatic hydroxyl groups excluding tert-OH is 3.